The summed E-state index contributed by atoms with van der Waals surface area (Å²) in [6, 6.07) is 26.1. The van der Waals surface area contributed by atoms with Crippen LogP contribution in [0.2, 0.25) is 0 Å². The normalized spacial score (nSPS) is 29.3. The number of carbonyl (C=O) groups excluding carboxylic acids is 2. The number of fused-ring (bicyclic) bond motifs is 1. The van der Waals surface area contributed by atoms with Gasteiger partial charge in [0.2, 0.25) is 0 Å². The third kappa shape index (κ3) is 3.32. The van der Waals surface area contributed by atoms with E-state index < -0.39 is 16.9 Å². The molecule has 3 aromatic rings. The van der Waals surface area contributed by atoms with Gasteiger partial charge in [-0.15, -0.1) is 0 Å². The number of para-hydroxylation sites is 1. The molecular weight excluding hydrogens is 464 g/mol. The van der Waals surface area contributed by atoms with E-state index in [1.54, 1.807) is 7.11 Å². The van der Waals surface area contributed by atoms with Crippen LogP contribution in [0.5, 0.6) is 5.75 Å². The van der Waals surface area contributed by atoms with E-state index in [0.717, 1.165) is 24.0 Å². The van der Waals surface area contributed by atoms with Crippen LogP contribution in [-0.4, -0.2) is 38.5 Å². The molecule has 6 nitrogen and oxygen atoms in total. The zero-order valence-electron chi connectivity index (χ0n) is 21.2. The highest BCUT2D eigenvalue weighted by Crippen LogP contribution is 2.69. The molecule has 1 aliphatic heterocycles. The van der Waals surface area contributed by atoms with Gasteiger partial charge in [0.1, 0.15) is 5.75 Å². The first-order chi connectivity index (χ1) is 18.1. The second-order valence-corrected chi connectivity index (χ2v) is 10.5. The number of benzene rings is 3. The van der Waals surface area contributed by atoms with Gasteiger partial charge in [-0.25, -0.2) is 5.48 Å². The van der Waals surface area contributed by atoms with Crippen LogP contribution in [-0.2, 0) is 26.3 Å². The molecule has 1 heterocycles. The first-order valence-electron chi connectivity index (χ1n) is 12.9. The van der Waals surface area contributed by atoms with Gasteiger partial charge in [0.25, 0.3) is 5.91 Å². The van der Waals surface area contributed by atoms with E-state index >= 15 is 0 Å². The topological polar surface area (TPSA) is 76.7 Å². The zero-order valence-corrected chi connectivity index (χ0v) is 21.2. The summed E-state index contributed by atoms with van der Waals surface area (Å²) in [7, 11) is 3.09. The van der Waals surface area contributed by atoms with Crippen molar-refractivity contribution in [3.8, 4) is 5.75 Å². The molecule has 2 fully saturated rings. The number of amides is 1. The third-order valence-electron chi connectivity index (χ3n) is 9.11. The fourth-order valence-electron chi connectivity index (χ4n) is 7.82. The van der Waals surface area contributed by atoms with Crippen molar-refractivity contribution in [2.75, 3.05) is 20.8 Å². The van der Waals surface area contributed by atoms with Crippen molar-refractivity contribution in [3.63, 3.8) is 0 Å². The number of rotatable bonds is 7. The summed E-state index contributed by atoms with van der Waals surface area (Å²) in [5.74, 6) is 0.339. The fraction of sp³-hybridized carbons (Fsp3) is 0.355. The van der Waals surface area contributed by atoms with Crippen molar-refractivity contribution in [3.05, 3.63) is 101 Å². The number of hydrogen-bond acceptors (Lipinski definition) is 5. The van der Waals surface area contributed by atoms with E-state index in [2.05, 4.69) is 59.3 Å². The Balaban J connectivity index is 1.54. The van der Waals surface area contributed by atoms with Crippen molar-refractivity contribution in [1.82, 2.24) is 10.8 Å². The number of Topliss-reactive ketones (excluding diaryl/α,β-unsaturated/α-hetero) is 1. The van der Waals surface area contributed by atoms with Gasteiger partial charge in [-0.1, -0.05) is 72.8 Å². The average Bonchev–Trinajstić information content (AvgIpc) is 3.38. The molecule has 4 aliphatic rings. The summed E-state index contributed by atoms with van der Waals surface area (Å²) in [5.41, 5.74) is 5.83. The Hall–Kier alpha value is -3.48. The Morgan fingerprint density at radius 2 is 1.70 bits per heavy atom. The van der Waals surface area contributed by atoms with Crippen molar-refractivity contribution in [2.45, 2.75) is 36.6 Å². The van der Waals surface area contributed by atoms with Crippen LogP contribution in [0, 0.1) is 11.3 Å². The molecule has 6 heteroatoms. The molecule has 5 unspecified atom stereocenters. The minimum absolute atomic E-state index is 0.00833. The molecule has 3 aromatic carbocycles. The number of ether oxygens (including phenoxy) is 1. The molecule has 2 bridgehead atoms. The maximum absolute atomic E-state index is 14.1. The van der Waals surface area contributed by atoms with Gasteiger partial charge in [-0.2, -0.15) is 0 Å². The Bertz CT molecular complexity index is 1340. The SMILES string of the molecule is CONC(=O)C12CNC(C(=O)Cc3ccccc3OC)C1C1(c3ccccc3)CCC2c2ccccc21. The summed E-state index contributed by atoms with van der Waals surface area (Å²) >= 11 is 0. The Morgan fingerprint density at radius 1 is 0.973 bits per heavy atom. The maximum Gasteiger partial charge on any atom is 0.252 e. The maximum atomic E-state index is 14.1. The van der Waals surface area contributed by atoms with Gasteiger partial charge in [0.15, 0.2) is 5.78 Å². The van der Waals surface area contributed by atoms with Crippen LogP contribution in [0.1, 0.15) is 41.0 Å². The standard InChI is InChI=1S/C31H32N2O4/c1-36-26-15-9-6-10-20(26)18-25(34)27-28-30(21-11-4-3-5-12-21)17-16-24(22-13-7-8-14-23(22)30)31(28,19-32-27)29(35)33-37-2/h3-15,24,27-28,32H,16-19H2,1-2H3,(H,33,35). The molecule has 2 N–H and O–H groups in total. The van der Waals surface area contributed by atoms with Crippen LogP contribution in [0.4, 0.5) is 0 Å². The van der Waals surface area contributed by atoms with E-state index in [1.165, 1.54) is 18.2 Å². The van der Waals surface area contributed by atoms with E-state index in [0.29, 0.717) is 12.3 Å². The lowest BCUT2D eigenvalue weighted by Gasteiger charge is -2.61. The number of methoxy groups -OCH3 is 1. The molecule has 1 saturated heterocycles. The molecule has 5 atom stereocenters. The second-order valence-electron chi connectivity index (χ2n) is 10.5. The fourth-order valence-corrected chi connectivity index (χ4v) is 7.82. The summed E-state index contributed by atoms with van der Waals surface area (Å²) in [5, 5.41) is 3.56. The summed E-state index contributed by atoms with van der Waals surface area (Å²) < 4.78 is 5.54. The first kappa shape index (κ1) is 23.9. The van der Waals surface area contributed by atoms with Crippen LogP contribution in [0.15, 0.2) is 78.9 Å². The molecule has 0 aromatic heterocycles. The largest absolute Gasteiger partial charge is 0.496 e. The van der Waals surface area contributed by atoms with E-state index in [1.807, 2.05) is 30.3 Å². The number of ketones is 1. The van der Waals surface area contributed by atoms with Crippen LogP contribution >= 0.6 is 0 Å². The van der Waals surface area contributed by atoms with Crippen molar-refractivity contribution in [1.29, 1.82) is 0 Å². The Labute approximate surface area is 217 Å². The monoisotopic (exact) mass is 496 g/mol. The second kappa shape index (κ2) is 9.12. The van der Waals surface area contributed by atoms with Gasteiger partial charge in [0, 0.05) is 35.8 Å². The van der Waals surface area contributed by atoms with Gasteiger partial charge < -0.3 is 10.1 Å². The van der Waals surface area contributed by atoms with E-state index in [9.17, 15) is 9.59 Å². The molecule has 37 heavy (non-hydrogen) atoms. The van der Waals surface area contributed by atoms with Crippen molar-refractivity contribution in [2.24, 2.45) is 11.3 Å². The highest BCUT2D eigenvalue weighted by molar-refractivity contribution is 5.93. The number of nitrogens with one attached hydrogen (secondary N) is 2. The van der Waals surface area contributed by atoms with Gasteiger partial charge in [0.05, 0.1) is 25.7 Å². The molecule has 0 radical (unpaired) electrons. The van der Waals surface area contributed by atoms with E-state index in [4.69, 9.17) is 9.57 Å². The lowest BCUT2D eigenvalue weighted by molar-refractivity contribution is -0.151. The predicted molar refractivity (Wildman–Crippen MR) is 140 cm³/mol. The summed E-state index contributed by atoms with van der Waals surface area (Å²) in [6.45, 7) is 0.419. The molecule has 3 aliphatic carbocycles. The van der Waals surface area contributed by atoms with Crippen LogP contribution in [0.3, 0.4) is 0 Å². The zero-order chi connectivity index (χ0) is 25.6. The number of hydrogen-bond donors (Lipinski definition) is 2. The lowest BCUT2D eigenvalue weighted by atomic mass is 9.40. The Morgan fingerprint density at radius 3 is 2.49 bits per heavy atom. The molecule has 1 amide bonds. The van der Waals surface area contributed by atoms with Gasteiger partial charge in [-0.05, 0) is 35.6 Å². The molecule has 190 valence electrons. The highest BCUT2D eigenvalue weighted by Gasteiger charge is 2.72. The molecule has 1 saturated carbocycles. The smallest absolute Gasteiger partial charge is 0.252 e. The third-order valence-corrected chi connectivity index (χ3v) is 9.11. The Kier molecular flexibility index (Phi) is 5.89. The van der Waals surface area contributed by atoms with Crippen molar-refractivity contribution < 1.29 is 19.2 Å². The molecule has 0 spiro atoms. The predicted octanol–water partition coefficient (Wildman–Crippen LogP) is 3.94. The molecular formula is C31H32N2O4. The minimum Gasteiger partial charge on any atom is -0.496 e. The van der Waals surface area contributed by atoms with Crippen LogP contribution in [0.25, 0.3) is 0 Å². The summed E-state index contributed by atoms with van der Waals surface area (Å²) in [6.07, 6.45) is 1.98. The number of hydroxylamine groups is 1. The van der Waals surface area contributed by atoms with Gasteiger partial charge in [-0.3, -0.25) is 14.4 Å². The lowest BCUT2D eigenvalue weighted by Crippen LogP contribution is -2.64. The summed E-state index contributed by atoms with van der Waals surface area (Å²) in [4.78, 5) is 33.3. The number of carbonyl (C=O) groups is 2. The minimum atomic E-state index is -0.820. The quantitative estimate of drug-likeness (QED) is 0.485. The highest BCUT2D eigenvalue weighted by atomic mass is 16.6. The first-order valence-corrected chi connectivity index (χ1v) is 12.9. The van der Waals surface area contributed by atoms with Crippen molar-refractivity contribution >= 4 is 11.7 Å². The van der Waals surface area contributed by atoms with E-state index in [-0.39, 0.29) is 29.9 Å². The van der Waals surface area contributed by atoms with Gasteiger partial charge >= 0.3 is 0 Å². The molecule has 7 rings (SSSR count). The average molecular weight is 497 g/mol. The van der Waals surface area contributed by atoms with Crippen LogP contribution < -0.4 is 15.5 Å².